The minimum atomic E-state index is -0.505. The molecule has 0 spiro atoms. The standard InChI is InChI=1S/C20H22FN3O2/c21-17-5-3-16(4-6-17)20(7-8-20)19(25)23-14-15-2-1-9-22-18(15)24-10-12-26-13-11-24/h1-6,9H,7-8,10-14H2,(H,23,25). The molecule has 2 fully saturated rings. The third-order valence-corrected chi connectivity index (χ3v) is 5.20. The van der Waals surface area contributed by atoms with Gasteiger partial charge in [-0.2, -0.15) is 0 Å². The number of pyridine rings is 1. The second kappa shape index (κ2) is 7.03. The van der Waals surface area contributed by atoms with Crippen LogP contribution in [-0.2, 0) is 21.5 Å². The fraction of sp³-hybridized carbons (Fsp3) is 0.400. The number of nitrogens with one attached hydrogen (secondary N) is 1. The zero-order valence-corrected chi connectivity index (χ0v) is 14.6. The molecule has 26 heavy (non-hydrogen) atoms. The number of carbonyl (C=O) groups excluding carboxylic acids is 1. The average molecular weight is 355 g/mol. The summed E-state index contributed by atoms with van der Waals surface area (Å²) in [6.07, 6.45) is 3.37. The molecular weight excluding hydrogens is 333 g/mol. The van der Waals surface area contributed by atoms with Gasteiger partial charge in [0.15, 0.2) is 0 Å². The fourth-order valence-corrected chi connectivity index (χ4v) is 3.51. The van der Waals surface area contributed by atoms with Crippen molar-refractivity contribution in [3.05, 3.63) is 59.5 Å². The molecule has 0 bridgehead atoms. The number of hydrogen-bond donors (Lipinski definition) is 1. The van der Waals surface area contributed by atoms with Crippen LogP contribution in [0.2, 0.25) is 0 Å². The van der Waals surface area contributed by atoms with E-state index in [1.807, 2.05) is 12.1 Å². The molecule has 2 aromatic rings. The molecular formula is C20H22FN3O2. The third kappa shape index (κ3) is 3.29. The summed E-state index contributed by atoms with van der Waals surface area (Å²) in [7, 11) is 0. The Hall–Kier alpha value is -2.47. The van der Waals surface area contributed by atoms with E-state index in [1.165, 1.54) is 12.1 Å². The summed E-state index contributed by atoms with van der Waals surface area (Å²) in [5, 5.41) is 3.06. The monoisotopic (exact) mass is 355 g/mol. The molecule has 1 saturated heterocycles. The first kappa shape index (κ1) is 17.0. The van der Waals surface area contributed by atoms with E-state index < -0.39 is 5.41 Å². The third-order valence-electron chi connectivity index (χ3n) is 5.20. The van der Waals surface area contributed by atoms with E-state index in [0.717, 1.165) is 42.9 Å². The molecule has 1 aliphatic carbocycles. The Bertz CT molecular complexity index is 784. The molecule has 2 aliphatic rings. The first-order valence-corrected chi connectivity index (χ1v) is 9.00. The number of halogens is 1. The molecule has 5 nitrogen and oxygen atoms in total. The summed E-state index contributed by atoms with van der Waals surface area (Å²) in [4.78, 5) is 19.5. The molecule has 2 heterocycles. The van der Waals surface area contributed by atoms with Gasteiger partial charge in [0.1, 0.15) is 11.6 Å². The van der Waals surface area contributed by atoms with Gasteiger partial charge in [-0.15, -0.1) is 0 Å². The predicted molar refractivity (Wildman–Crippen MR) is 96.4 cm³/mol. The molecule has 4 rings (SSSR count). The Labute approximate surface area is 152 Å². The Morgan fingerprint density at radius 1 is 1.19 bits per heavy atom. The van der Waals surface area contributed by atoms with E-state index in [1.54, 1.807) is 18.3 Å². The number of morpholine rings is 1. The molecule has 0 atom stereocenters. The number of rotatable bonds is 5. The number of aromatic nitrogens is 1. The lowest BCUT2D eigenvalue weighted by molar-refractivity contribution is -0.123. The van der Waals surface area contributed by atoms with Crippen molar-refractivity contribution in [3.8, 4) is 0 Å². The molecule has 1 N–H and O–H groups in total. The highest BCUT2D eigenvalue weighted by molar-refractivity contribution is 5.91. The number of benzene rings is 1. The maximum atomic E-state index is 13.2. The SMILES string of the molecule is O=C(NCc1cccnc1N1CCOCC1)C1(c2ccc(F)cc2)CC1. The van der Waals surface area contributed by atoms with Gasteiger partial charge >= 0.3 is 0 Å². The second-order valence-corrected chi connectivity index (χ2v) is 6.86. The van der Waals surface area contributed by atoms with Crippen LogP contribution in [0, 0.1) is 5.82 Å². The first-order chi connectivity index (χ1) is 12.7. The number of nitrogens with zero attached hydrogens (tertiary/aromatic N) is 2. The minimum absolute atomic E-state index is 0.000823. The average Bonchev–Trinajstić information content (AvgIpc) is 3.50. The van der Waals surface area contributed by atoms with Gasteiger partial charge in [0, 0.05) is 31.4 Å². The molecule has 0 radical (unpaired) electrons. The highest BCUT2D eigenvalue weighted by Crippen LogP contribution is 2.48. The van der Waals surface area contributed by atoms with Crippen molar-refractivity contribution in [1.82, 2.24) is 10.3 Å². The van der Waals surface area contributed by atoms with Gasteiger partial charge in [0.2, 0.25) is 5.91 Å². The van der Waals surface area contributed by atoms with Crippen molar-refractivity contribution in [2.75, 3.05) is 31.2 Å². The van der Waals surface area contributed by atoms with E-state index in [4.69, 9.17) is 4.74 Å². The van der Waals surface area contributed by atoms with Crippen molar-refractivity contribution in [2.45, 2.75) is 24.8 Å². The maximum Gasteiger partial charge on any atom is 0.230 e. The molecule has 136 valence electrons. The molecule has 6 heteroatoms. The van der Waals surface area contributed by atoms with Crippen LogP contribution in [0.5, 0.6) is 0 Å². The van der Waals surface area contributed by atoms with Gasteiger partial charge in [-0.3, -0.25) is 4.79 Å². The van der Waals surface area contributed by atoms with E-state index in [0.29, 0.717) is 19.8 Å². The van der Waals surface area contributed by atoms with Gasteiger partial charge < -0.3 is 15.0 Å². The smallest absolute Gasteiger partial charge is 0.230 e. The summed E-state index contributed by atoms with van der Waals surface area (Å²) >= 11 is 0. The Balaban J connectivity index is 1.46. The van der Waals surface area contributed by atoms with Crippen molar-refractivity contribution in [2.24, 2.45) is 0 Å². The van der Waals surface area contributed by atoms with E-state index in [-0.39, 0.29) is 11.7 Å². The van der Waals surface area contributed by atoms with Gasteiger partial charge in [0.25, 0.3) is 0 Å². The fourth-order valence-electron chi connectivity index (χ4n) is 3.51. The minimum Gasteiger partial charge on any atom is -0.378 e. The Morgan fingerprint density at radius 3 is 2.62 bits per heavy atom. The van der Waals surface area contributed by atoms with Crippen LogP contribution in [0.3, 0.4) is 0 Å². The number of carbonyl (C=O) groups is 1. The lowest BCUT2D eigenvalue weighted by Gasteiger charge is -2.29. The van der Waals surface area contributed by atoms with Crippen molar-refractivity contribution in [1.29, 1.82) is 0 Å². The molecule has 1 aromatic carbocycles. The summed E-state index contributed by atoms with van der Waals surface area (Å²) < 4.78 is 18.6. The largest absolute Gasteiger partial charge is 0.378 e. The van der Waals surface area contributed by atoms with E-state index in [9.17, 15) is 9.18 Å². The quantitative estimate of drug-likeness (QED) is 0.895. The van der Waals surface area contributed by atoms with Gasteiger partial charge in [-0.05, 0) is 36.6 Å². The van der Waals surface area contributed by atoms with Crippen LogP contribution in [0.25, 0.3) is 0 Å². The summed E-state index contributed by atoms with van der Waals surface area (Å²) in [5.41, 5.74) is 1.38. The van der Waals surface area contributed by atoms with Crippen LogP contribution < -0.4 is 10.2 Å². The Morgan fingerprint density at radius 2 is 1.92 bits per heavy atom. The van der Waals surface area contributed by atoms with E-state index >= 15 is 0 Å². The zero-order valence-electron chi connectivity index (χ0n) is 14.6. The molecule has 0 unspecified atom stereocenters. The summed E-state index contributed by atoms with van der Waals surface area (Å²) in [6, 6.07) is 10.1. The molecule has 1 amide bonds. The molecule has 1 aromatic heterocycles. The van der Waals surface area contributed by atoms with Gasteiger partial charge in [-0.25, -0.2) is 9.37 Å². The molecule has 1 aliphatic heterocycles. The number of hydrogen-bond acceptors (Lipinski definition) is 4. The van der Waals surface area contributed by atoms with Crippen LogP contribution in [-0.4, -0.2) is 37.2 Å². The number of anilines is 1. The zero-order chi connectivity index (χ0) is 18.0. The van der Waals surface area contributed by atoms with Crippen molar-refractivity contribution >= 4 is 11.7 Å². The van der Waals surface area contributed by atoms with Crippen LogP contribution in [0.15, 0.2) is 42.6 Å². The van der Waals surface area contributed by atoms with Crippen molar-refractivity contribution in [3.63, 3.8) is 0 Å². The van der Waals surface area contributed by atoms with Crippen LogP contribution >= 0.6 is 0 Å². The van der Waals surface area contributed by atoms with Gasteiger partial charge in [-0.1, -0.05) is 18.2 Å². The lowest BCUT2D eigenvalue weighted by Crippen LogP contribution is -2.38. The highest BCUT2D eigenvalue weighted by atomic mass is 19.1. The summed E-state index contributed by atoms with van der Waals surface area (Å²) in [6.45, 7) is 3.42. The first-order valence-electron chi connectivity index (χ1n) is 9.00. The topological polar surface area (TPSA) is 54.5 Å². The molecule has 1 saturated carbocycles. The number of ether oxygens (including phenoxy) is 1. The normalized spacial score (nSPS) is 18.4. The van der Waals surface area contributed by atoms with Gasteiger partial charge in [0.05, 0.1) is 18.6 Å². The van der Waals surface area contributed by atoms with Crippen LogP contribution in [0.4, 0.5) is 10.2 Å². The highest BCUT2D eigenvalue weighted by Gasteiger charge is 2.51. The second-order valence-electron chi connectivity index (χ2n) is 6.86. The summed E-state index contributed by atoms with van der Waals surface area (Å²) in [5.74, 6) is 0.624. The predicted octanol–water partition coefficient (Wildman–Crippen LogP) is 2.41. The van der Waals surface area contributed by atoms with Crippen LogP contribution in [0.1, 0.15) is 24.0 Å². The lowest BCUT2D eigenvalue weighted by atomic mass is 9.95. The maximum absolute atomic E-state index is 13.2. The Kier molecular flexibility index (Phi) is 4.59. The number of amides is 1. The van der Waals surface area contributed by atoms with Crippen molar-refractivity contribution < 1.29 is 13.9 Å². The van der Waals surface area contributed by atoms with E-state index in [2.05, 4.69) is 15.2 Å².